The fourth-order valence-corrected chi connectivity index (χ4v) is 4.55. The summed E-state index contributed by atoms with van der Waals surface area (Å²) in [5.74, 6) is -0.355. The zero-order valence-corrected chi connectivity index (χ0v) is 19.6. The van der Waals surface area contributed by atoms with Gasteiger partial charge in [0.05, 0.1) is 17.3 Å². The van der Waals surface area contributed by atoms with Gasteiger partial charge in [0, 0.05) is 49.8 Å². The number of nitrogens with zero attached hydrogens (tertiary/aromatic N) is 7. The van der Waals surface area contributed by atoms with Crippen molar-refractivity contribution >= 4 is 17.2 Å². The second-order valence-corrected chi connectivity index (χ2v) is 8.71. The van der Waals surface area contributed by atoms with E-state index >= 15 is 4.39 Å². The molecule has 5 heterocycles. The molecule has 1 saturated heterocycles. The van der Waals surface area contributed by atoms with E-state index in [1.54, 1.807) is 45.9 Å². The lowest BCUT2D eigenvalue weighted by Gasteiger charge is -2.38. The topological polar surface area (TPSA) is 99.8 Å². The fourth-order valence-electron chi connectivity index (χ4n) is 4.55. The van der Waals surface area contributed by atoms with Crippen molar-refractivity contribution in [1.82, 2.24) is 29.5 Å². The maximum Gasteiger partial charge on any atom is 0.248 e. The van der Waals surface area contributed by atoms with Gasteiger partial charge in [0.25, 0.3) is 0 Å². The van der Waals surface area contributed by atoms with Crippen molar-refractivity contribution in [3.63, 3.8) is 0 Å². The van der Waals surface area contributed by atoms with E-state index in [-0.39, 0.29) is 23.5 Å². The predicted molar refractivity (Wildman–Crippen MR) is 129 cm³/mol. The van der Waals surface area contributed by atoms with Gasteiger partial charge in [0.1, 0.15) is 12.3 Å². The van der Waals surface area contributed by atoms with E-state index in [1.165, 1.54) is 0 Å². The number of hydrogen-bond acceptors (Lipinski definition) is 7. The Hall–Kier alpha value is -3.92. The molecule has 1 aliphatic heterocycles. The molecule has 0 aromatic carbocycles. The minimum atomic E-state index is -0.539. The molecule has 1 N–H and O–H groups in total. The maximum atomic E-state index is 16.0. The molecule has 9 nitrogen and oxygen atoms in total. The van der Waals surface area contributed by atoms with Crippen LogP contribution in [-0.2, 0) is 4.79 Å². The maximum absolute atomic E-state index is 16.0. The Morgan fingerprint density at radius 3 is 2.94 bits per heavy atom. The van der Waals surface area contributed by atoms with Crippen LogP contribution in [-0.4, -0.2) is 73.3 Å². The third-order valence-electron chi connectivity index (χ3n) is 6.44. The number of anilines is 1. The van der Waals surface area contributed by atoms with Crippen LogP contribution in [0.5, 0.6) is 0 Å². The molecule has 4 aromatic heterocycles. The highest BCUT2D eigenvalue weighted by Gasteiger charge is 2.30. The highest BCUT2D eigenvalue weighted by molar-refractivity contribution is 5.79. The van der Waals surface area contributed by atoms with E-state index in [0.29, 0.717) is 30.0 Å². The van der Waals surface area contributed by atoms with Gasteiger partial charge in [-0.25, -0.2) is 18.9 Å². The molecule has 0 spiro atoms. The van der Waals surface area contributed by atoms with Crippen LogP contribution < -0.4 is 4.90 Å². The second-order valence-electron chi connectivity index (χ2n) is 8.71. The number of pyridine rings is 2. The Morgan fingerprint density at radius 1 is 1.29 bits per heavy atom. The summed E-state index contributed by atoms with van der Waals surface area (Å²) in [4.78, 5) is 29.0. The average Bonchev–Trinajstić information content (AvgIpc) is 3.32. The highest BCUT2D eigenvalue weighted by atomic mass is 19.1. The molecule has 5 rings (SSSR count). The second kappa shape index (κ2) is 9.38. The normalized spacial score (nSPS) is 16.0. The SMILES string of the molecule is Cc1cc(-c2nc(-c3cnn4ccccc34)nc(N(C)[C@@H]3CCCN(C(=O)CO)C3)c2F)ccn1. The van der Waals surface area contributed by atoms with Crippen molar-refractivity contribution in [2.75, 3.05) is 31.6 Å². The van der Waals surface area contributed by atoms with Gasteiger partial charge < -0.3 is 14.9 Å². The van der Waals surface area contributed by atoms with Gasteiger partial charge in [0.15, 0.2) is 17.5 Å². The van der Waals surface area contributed by atoms with Gasteiger partial charge in [-0.05, 0) is 44.0 Å². The molecule has 10 heteroatoms. The first-order valence-corrected chi connectivity index (χ1v) is 11.5. The number of carbonyl (C=O) groups is 1. The van der Waals surface area contributed by atoms with Crippen molar-refractivity contribution in [2.24, 2.45) is 0 Å². The average molecular weight is 476 g/mol. The summed E-state index contributed by atoms with van der Waals surface area (Å²) in [5.41, 5.74) is 3.02. The lowest BCUT2D eigenvalue weighted by atomic mass is 10.0. The molecule has 180 valence electrons. The molecular weight excluding hydrogens is 449 g/mol. The van der Waals surface area contributed by atoms with Crippen LogP contribution in [0, 0.1) is 12.7 Å². The number of aliphatic hydroxyl groups excluding tert-OH is 1. The number of rotatable bonds is 5. The molecule has 35 heavy (non-hydrogen) atoms. The number of hydrogen-bond donors (Lipinski definition) is 1. The van der Waals surface area contributed by atoms with Crippen LogP contribution in [0.2, 0.25) is 0 Å². The molecule has 0 unspecified atom stereocenters. The Balaban J connectivity index is 1.63. The smallest absolute Gasteiger partial charge is 0.248 e. The quantitative estimate of drug-likeness (QED) is 0.474. The van der Waals surface area contributed by atoms with Crippen LogP contribution >= 0.6 is 0 Å². The van der Waals surface area contributed by atoms with Gasteiger partial charge in [-0.15, -0.1) is 0 Å². The largest absolute Gasteiger partial charge is 0.387 e. The zero-order chi connectivity index (χ0) is 24.5. The monoisotopic (exact) mass is 475 g/mol. The first kappa shape index (κ1) is 22.9. The molecule has 4 aromatic rings. The van der Waals surface area contributed by atoms with Crippen molar-refractivity contribution < 1.29 is 14.3 Å². The van der Waals surface area contributed by atoms with Crippen molar-refractivity contribution in [1.29, 1.82) is 0 Å². The summed E-state index contributed by atoms with van der Waals surface area (Å²) in [6.07, 6.45) is 6.66. The van der Waals surface area contributed by atoms with Crippen molar-refractivity contribution in [3.05, 3.63) is 60.4 Å². The number of carbonyl (C=O) groups excluding carboxylic acids is 1. The third-order valence-corrected chi connectivity index (χ3v) is 6.44. The summed E-state index contributed by atoms with van der Waals surface area (Å²) in [5, 5.41) is 13.7. The number of fused-ring (bicyclic) bond motifs is 1. The van der Waals surface area contributed by atoms with Crippen LogP contribution in [0.3, 0.4) is 0 Å². The number of likely N-dealkylation sites (N-methyl/N-ethyl adjacent to an activating group) is 1. The van der Waals surface area contributed by atoms with Crippen LogP contribution in [0.1, 0.15) is 18.5 Å². The Labute approximate surface area is 201 Å². The summed E-state index contributed by atoms with van der Waals surface area (Å²) >= 11 is 0. The number of likely N-dealkylation sites (tertiary alicyclic amines) is 1. The van der Waals surface area contributed by atoms with E-state index in [0.717, 1.165) is 24.1 Å². The first-order valence-electron chi connectivity index (χ1n) is 11.5. The van der Waals surface area contributed by atoms with Crippen molar-refractivity contribution in [3.8, 4) is 22.6 Å². The minimum absolute atomic E-state index is 0.151. The van der Waals surface area contributed by atoms with E-state index in [2.05, 4.69) is 20.1 Å². The predicted octanol–water partition coefficient (Wildman–Crippen LogP) is 2.72. The van der Waals surface area contributed by atoms with Crippen LogP contribution in [0.25, 0.3) is 28.2 Å². The summed E-state index contributed by atoms with van der Waals surface area (Å²) in [7, 11) is 1.78. The van der Waals surface area contributed by atoms with Gasteiger partial charge in [-0.3, -0.25) is 9.78 Å². The minimum Gasteiger partial charge on any atom is -0.387 e. The number of halogens is 1. The standard InChI is InChI=1S/C25H26FN7O2/c1-16-12-17(8-9-27-16)23-22(26)25(31(2)18-6-5-10-32(14-18)21(35)15-34)30-24(29-23)19-13-28-33-11-4-3-7-20(19)33/h3-4,7-9,11-13,18,34H,5-6,10,14-15H2,1-2H3/t18-/m1/s1. The van der Waals surface area contributed by atoms with Gasteiger partial charge in [0.2, 0.25) is 5.91 Å². The van der Waals surface area contributed by atoms with E-state index in [9.17, 15) is 9.90 Å². The number of amides is 1. The van der Waals surface area contributed by atoms with E-state index < -0.39 is 12.4 Å². The lowest BCUT2D eigenvalue weighted by Crippen LogP contribution is -2.50. The Morgan fingerprint density at radius 2 is 2.14 bits per heavy atom. The van der Waals surface area contributed by atoms with Crippen LogP contribution in [0.15, 0.2) is 48.9 Å². The summed E-state index contributed by atoms with van der Waals surface area (Å²) in [6, 6.07) is 9.05. The van der Waals surface area contributed by atoms with E-state index in [1.807, 2.05) is 31.3 Å². The molecule has 1 aliphatic rings. The number of aryl methyl sites for hydroxylation is 1. The molecule has 0 aliphatic carbocycles. The lowest BCUT2D eigenvalue weighted by molar-refractivity contribution is -0.135. The van der Waals surface area contributed by atoms with Gasteiger partial charge in [-0.2, -0.15) is 5.10 Å². The van der Waals surface area contributed by atoms with E-state index in [4.69, 9.17) is 0 Å². The fraction of sp³-hybridized carbons (Fsp3) is 0.320. The summed E-state index contributed by atoms with van der Waals surface area (Å²) < 4.78 is 17.7. The first-order chi connectivity index (χ1) is 17.0. The molecular formula is C25H26FN7O2. The molecule has 0 saturated carbocycles. The number of aromatic nitrogens is 5. The Kier molecular flexibility index (Phi) is 6.12. The molecule has 1 fully saturated rings. The molecule has 0 bridgehead atoms. The number of piperidine rings is 1. The molecule has 1 amide bonds. The highest BCUT2D eigenvalue weighted by Crippen LogP contribution is 2.33. The third kappa shape index (κ3) is 4.32. The summed E-state index contributed by atoms with van der Waals surface area (Å²) in [6.45, 7) is 2.26. The van der Waals surface area contributed by atoms with Gasteiger partial charge >= 0.3 is 0 Å². The molecule has 0 radical (unpaired) electrons. The number of aliphatic hydroxyl groups is 1. The van der Waals surface area contributed by atoms with Crippen LogP contribution in [0.4, 0.5) is 10.2 Å². The Bertz CT molecular complexity index is 1390. The van der Waals surface area contributed by atoms with Crippen molar-refractivity contribution in [2.45, 2.75) is 25.8 Å². The van der Waals surface area contributed by atoms with Gasteiger partial charge in [-0.1, -0.05) is 6.07 Å². The zero-order valence-electron chi connectivity index (χ0n) is 19.6. The molecule has 1 atom stereocenters.